The van der Waals surface area contributed by atoms with Crippen LogP contribution in [0.3, 0.4) is 0 Å². The van der Waals surface area contributed by atoms with E-state index in [0.29, 0.717) is 4.90 Å². The molecule has 10 heavy (non-hydrogen) atoms. The van der Waals surface area contributed by atoms with E-state index >= 15 is 0 Å². The minimum absolute atomic E-state index is 0.227. The zero-order valence-corrected chi connectivity index (χ0v) is 9.95. The lowest BCUT2D eigenvalue weighted by atomic mass is 10.3. The lowest BCUT2D eigenvalue weighted by Crippen LogP contribution is -1.84. The molecule has 0 heterocycles. The predicted molar refractivity (Wildman–Crippen MR) is 59.1 cm³/mol. The maximum Gasteiger partial charge on any atom is 0.125 e. The maximum absolute atomic E-state index is 12.6. The fraction of sp³-hybridized carbons (Fsp3) is 0. The molecule has 0 amide bonds. The number of benzene rings is 1. The summed E-state index contributed by atoms with van der Waals surface area (Å²) in [4.78, 5) is 0.699. The molecule has 4 heteroatoms. The van der Waals surface area contributed by atoms with Crippen molar-refractivity contribution in [2.45, 2.75) is 4.90 Å². The largest absolute Gasteiger partial charge is 0.207 e. The first-order valence-corrected chi connectivity index (χ1v) is 5.05. The van der Waals surface area contributed by atoms with Gasteiger partial charge >= 0.3 is 0 Å². The van der Waals surface area contributed by atoms with E-state index in [1.54, 1.807) is 0 Å². The molecule has 0 fully saturated rings. The fourth-order valence-corrected chi connectivity index (χ4v) is 1.90. The Bertz CT molecular complexity index is 239. The molecule has 0 aromatic heterocycles. The first-order valence-electron chi connectivity index (χ1n) is 2.45. The van der Waals surface area contributed by atoms with Crippen molar-refractivity contribution in [1.29, 1.82) is 0 Å². The van der Waals surface area contributed by atoms with Crippen molar-refractivity contribution in [1.82, 2.24) is 0 Å². The highest BCUT2D eigenvalue weighted by Gasteiger charge is 2.02. The lowest BCUT2D eigenvalue weighted by molar-refractivity contribution is 0.622. The minimum Gasteiger partial charge on any atom is -0.207 e. The molecule has 0 saturated heterocycles. The van der Waals surface area contributed by atoms with Gasteiger partial charge in [0.2, 0.25) is 0 Å². The molecule has 0 aliphatic heterocycles. The molecular formula is C6H3FI2S. The lowest BCUT2D eigenvalue weighted by Gasteiger charge is -1.98. The quantitative estimate of drug-likeness (QED) is 0.399. The van der Waals surface area contributed by atoms with E-state index in [1.807, 2.05) is 0 Å². The Labute approximate surface area is 91.3 Å². The topological polar surface area (TPSA) is 0 Å². The molecule has 0 bridgehead atoms. The SMILES string of the molecule is Fc1cc(S)c(I)c(I)c1. The summed E-state index contributed by atoms with van der Waals surface area (Å²) < 4.78 is 14.5. The van der Waals surface area contributed by atoms with Gasteiger partial charge in [-0.1, -0.05) is 0 Å². The molecule has 1 aromatic rings. The van der Waals surface area contributed by atoms with Gasteiger partial charge in [-0.2, -0.15) is 0 Å². The van der Waals surface area contributed by atoms with Gasteiger partial charge in [0.25, 0.3) is 0 Å². The molecule has 0 aliphatic carbocycles. The fourth-order valence-electron chi connectivity index (χ4n) is 0.542. The standard InChI is InChI=1S/C6H3FI2S/c7-3-1-4(8)6(9)5(10)2-3/h1-2,10H. The van der Waals surface area contributed by atoms with Crippen LogP contribution in [0.5, 0.6) is 0 Å². The Balaban J connectivity index is 3.31. The first kappa shape index (κ1) is 9.05. The molecule has 0 spiro atoms. The highest BCUT2D eigenvalue weighted by atomic mass is 127. The van der Waals surface area contributed by atoms with E-state index in [1.165, 1.54) is 12.1 Å². The number of halogens is 3. The monoisotopic (exact) mass is 380 g/mol. The molecule has 0 aliphatic rings. The average Bonchev–Trinajstić information content (AvgIpc) is 1.82. The van der Waals surface area contributed by atoms with Crippen molar-refractivity contribution < 1.29 is 4.39 Å². The Morgan fingerprint density at radius 2 is 1.90 bits per heavy atom. The van der Waals surface area contributed by atoms with E-state index in [0.717, 1.165) is 7.14 Å². The van der Waals surface area contributed by atoms with Gasteiger partial charge < -0.3 is 0 Å². The second kappa shape index (κ2) is 3.57. The third kappa shape index (κ3) is 1.97. The molecule has 0 unspecified atom stereocenters. The van der Waals surface area contributed by atoms with E-state index in [4.69, 9.17) is 0 Å². The predicted octanol–water partition coefficient (Wildman–Crippen LogP) is 3.32. The first-order chi connectivity index (χ1) is 4.61. The summed E-state index contributed by atoms with van der Waals surface area (Å²) in [6.45, 7) is 0. The van der Waals surface area contributed by atoms with Crippen LogP contribution in [0.4, 0.5) is 4.39 Å². The van der Waals surface area contributed by atoms with Crippen LogP contribution in [0.1, 0.15) is 0 Å². The van der Waals surface area contributed by atoms with Crippen molar-refractivity contribution in [2.24, 2.45) is 0 Å². The maximum atomic E-state index is 12.6. The van der Waals surface area contributed by atoms with Gasteiger partial charge in [0.1, 0.15) is 5.82 Å². The summed E-state index contributed by atoms with van der Waals surface area (Å²) >= 11 is 8.30. The zero-order valence-electron chi connectivity index (χ0n) is 4.74. The Kier molecular flexibility index (Phi) is 3.23. The molecule has 0 nitrogen and oxygen atoms in total. The van der Waals surface area contributed by atoms with Crippen LogP contribution >= 0.6 is 57.8 Å². The van der Waals surface area contributed by atoms with E-state index < -0.39 is 0 Å². The molecule has 0 N–H and O–H groups in total. The third-order valence-electron chi connectivity index (χ3n) is 0.974. The van der Waals surface area contributed by atoms with Crippen LogP contribution in [0, 0.1) is 13.0 Å². The van der Waals surface area contributed by atoms with Gasteiger partial charge in [-0.3, -0.25) is 0 Å². The van der Waals surface area contributed by atoms with E-state index in [2.05, 4.69) is 57.8 Å². The van der Waals surface area contributed by atoms with Gasteiger partial charge in [0.05, 0.1) is 0 Å². The molecule has 54 valence electrons. The van der Waals surface area contributed by atoms with Crippen molar-refractivity contribution in [2.75, 3.05) is 0 Å². The number of rotatable bonds is 0. The zero-order chi connectivity index (χ0) is 7.72. The molecule has 0 radical (unpaired) electrons. The Hall–Kier alpha value is 0.960. The van der Waals surface area contributed by atoms with Crippen LogP contribution in [-0.2, 0) is 0 Å². The summed E-state index contributed by atoms with van der Waals surface area (Å²) in [6, 6.07) is 2.90. The van der Waals surface area contributed by atoms with E-state index in [-0.39, 0.29) is 5.82 Å². The molecule has 0 atom stereocenters. The van der Waals surface area contributed by atoms with Crippen LogP contribution < -0.4 is 0 Å². The molecule has 1 rings (SSSR count). The summed E-state index contributed by atoms with van der Waals surface area (Å²) in [6.07, 6.45) is 0. The Morgan fingerprint density at radius 1 is 1.30 bits per heavy atom. The van der Waals surface area contributed by atoms with Crippen LogP contribution in [-0.4, -0.2) is 0 Å². The molecule has 1 aromatic carbocycles. The van der Waals surface area contributed by atoms with Gasteiger partial charge in [-0.25, -0.2) is 4.39 Å². The number of thiol groups is 1. The van der Waals surface area contributed by atoms with Crippen molar-refractivity contribution in [3.05, 3.63) is 25.1 Å². The van der Waals surface area contributed by atoms with Crippen LogP contribution in [0.25, 0.3) is 0 Å². The number of hydrogen-bond acceptors (Lipinski definition) is 1. The average molecular weight is 380 g/mol. The second-order valence-electron chi connectivity index (χ2n) is 1.72. The summed E-state index contributed by atoms with van der Waals surface area (Å²) in [7, 11) is 0. The van der Waals surface area contributed by atoms with Crippen LogP contribution in [0.15, 0.2) is 17.0 Å². The highest BCUT2D eigenvalue weighted by Crippen LogP contribution is 2.23. The minimum atomic E-state index is -0.227. The van der Waals surface area contributed by atoms with Crippen LogP contribution in [0.2, 0.25) is 0 Å². The van der Waals surface area contributed by atoms with Crippen molar-refractivity contribution >= 4 is 57.8 Å². The summed E-state index contributed by atoms with van der Waals surface area (Å²) in [5, 5.41) is 0. The Morgan fingerprint density at radius 3 is 2.40 bits per heavy atom. The number of hydrogen-bond donors (Lipinski definition) is 1. The normalized spacial score (nSPS) is 10.0. The van der Waals surface area contributed by atoms with Gasteiger partial charge in [-0.05, 0) is 57.3 Å². The third-order valence-corrected chi connectivity index (χ3v) is 4.80. The summed E-state index contributed by atoms with van der Waals surface area (Å²) in [5.41, 5.74) is 0. The van der Waals surface area contributed by atoms with Gasteiger partial charge in [-0.15, -0.1) is 12.6 Å². The van der Waals surface area contributed by atoms with Gasteiger partial charge in [0.15, 0.2) is 0 Å². The summed E-state index contributed by atoms with van der Waals surface area (Å²) in [5.74, 6) is -0.227. The second-order valence-corrected chi connectivity index (χ2v) is 4.44. The van der Waals surface area contributed by atoms with Crippen molar-refractivity contribution in [3.8, 4) is 0 Å². The highest BCUT2D eigenvalue weighted by molar-refractivity contribution is 14.1. The van der Waals surface area contributed by atoms with E-state index in [9.17, 15) is 4.39 Å². The van der Waals surface area contributed by atoms with Crippen molar-refractivity contribution in [3.63, 3.8) is 0 Å². The van der Waals surface area contributed by atoms with Gasteiger partial charge in [0, 0.05) is 12.0 Å². The smallest absolute Gasteiger partial charge is 0.125 e. The molecule has 0 saturated carbocycles. The molecular weight excluding hydrogens is 377 g/mol.